The van der Waals surface area contributed by atoms with Crippen molar-refractivity contribution in [2.45, 2.75) is 19.8 Å². The van der Waals surface area contributed by atoms with Crippen LogP contribution in [-0.4, -0.2) is 46.7 Å². The number of hydrogen-bond acceptors (Lipinski definition) is 6. The lowest BCUT2D eigenvalue weighted by atomic mass is 9.90. The number of oxazole rings is 1. The van der Waals surface area contributed by atoms with Gasteiger partial charge in [0.25, 0.3) is 0 Å². The van der Waals surface area contributed by atoms with Gasteiger partial charge >= 0.3 is 12.1 Å². The van der Waals surface area contributed by atoms with Crippen molar-refractivity contribution in [3.63, 3.8) is 0 Å². The summed E-state index contributed by atoms with van der Waals surface area (Å²) in [7, 11) is 0. The zero-order valence-electron chi connectivity index (χ0n) is 21.7. The fraction of sp³-hybridized carbons (Fsp3) is 0.258. The van der Waals surface area contributed by atoms with Gasteiger partial charge in [-0.2, -0.15) is 0 Å². The first kappa shape index (κ1) is 26.0. The molecule has 5 rings (SSSR count). The second-order valence-corrected chi connectivity index (χ2v) is 9.63. The minimum Gasteiger partial charge on any atom is -0.493 e. The quantitative estimate of drug-likeness (QED) is 0.301. The minimum atomic E-state index is -0.909. The summed E-state index contributed by atoms with van der Waals surface area (Å²) in [6, 6.07) is 26.2. The Morgan fingerprint density at radius 3 is 2.33 bits per heavy atom. The molecule has 1 saturated heterocycles. The zero-order valence-corrected chi connectivity index (χ0v) is 21.7. The van der Waals surface area contributed by atoms with Crippen LogP contribution in [0.4, 0.5) is 4.79 Å². The van der Waals surface area contributed by atoms with E-state index in [1.165, 1.54) is 4.90 Å². The number of aromatic nitrogens is 1. The number of hydrogen-bond donors (Lipinski definition) is 1. The Morgan fingerprint density at radius 2 is 1.64 bits per heavy atom. The normalized spacial score (nSPS) is 16.7. The molecule has 0 aliphatic carbocycles. The average Bonchev–Trinajstić information content (AvgIpc) is 3.54. The van der Waals surface area contributed by atoms with Gasteiger partial charge in [0.2, 0.25) is 5.89 Å². The van der Waals surface area contributed by atoms with Crippen LogP contribution in [0.2, 0.25) is 0 Å². The van der Waals surface area contributed by atoms with E-state index < -0.39 is 18.0 Å². The maximum absolute atomic E-state index is 12.6. The Hall–Kier alpha value is -4.59. The van der Waals surface area contributed by atoms with Crippen molar-refractivity contribution in [2.24, 2.45) is 11.8 Å². The van der Waals surface area contributed by atoms with Crippen molar-refractivity contribution >= 4 is 12.1 Å². The van der Waals surface area contributed by atoms with E-state index in [0.29, 0.717) is 43.4 Å². The summed E-state index contributed by atoms with van der Waals surface area (Å²) >= 11 is 0. The van der Waals surface area contributed by atoms with Gasteiger partial charge in [-0.3, -0.25) is 4.79 Å². The van der Waals surface area contributed by atoms with Crippen molar-refractivity contribution in [1.29, 1.82) is 0 Å². The molecule has 1 fully saturated rings. The van der Waals surface area contributed by atoms with Crippen LogP contribution in [0.3, 0.4) is 0 Å². The van der Waals surface area contributed by atoms with Crippen molar-refractivity contribution in [3.8, 4) is 23.0 Å². The standard InChI is InChI=1S/C31H30N2O6/c1-21-28(39-29(32-21)23-8-4-2-5-9-23)16-17-37-25-14-12-22(13-15-25)18-24-19-33(20-27(24)30(34)35)31(36)38-26-10-6-3-7-11-26/h2-15,24,27H,16-20H2,1H3,(H,34,35)/t24-,27+/m1/s1. The summed E-state index contributed by atoms with van der Waals surface area (Å²) in [6.07, 6.45) is 0.591. The third-order valence-electron chi connectivity index (χ3n) is 6.90. The van der Waals surface area contributed by atoms with E-state index in [1.807, 2.05) is 67.6 Å². The fourth-order valence-corrected chi connectivity index (χ4v) is 4.81. The molecule has 1 aliphatic rings. The highest BCUT2D eigenvalue weighted by molar-refractivity contribution is 5.75. The smallest absolute Gasteiger partial charge is 0.415 e. The average molecular weight is 527 g/mol. The predicted molar refractivity (Wildman–Crippen MR) is 145 cm³/mol. The van der Waals surface area contributed by atoms with E-state index in [0.717, 1.165) is 22.6 Å². The maximum atomic E-state index is 12.6. The summed E-state index contributed by atoms with van der Waals surface area (Å²) < 4.78 is 17.3. The van der Waals surface area contributed by atoms with Crippen LogP contribution in [0, 0.1) is 18.8 Å². The Morgan fingerprint density at radius 1 is 0.949 bits per heavy atom. The number of aliphatic carboxylic acids is 1. The van der Waals surface area contributed by atoms with Gasteiger partial charge in [-0.1, -0.05) is 48.5 Å². The van der Waals surface area contributed by atoms with Gasteiger partial charge in [-0.05, 0) is 61.2 Å². The Balaban J connectivity index is 1.14. The lowest BCUT2D eigenvalue weighted by Crippen LogP contribution is -2.32. The molecule has 1 amide bonds. The molecule has 2 atom stereocenters. The van der Waals surface area contributed by atoms with Crippen LogP contribution in [0.5, 0.6) is 11.5 Å². The minimum absolute atomic E-state index is 0.125. The lowest BCUT2D eigenvalue weighted by molar-refractivity contribution is -0.142. The van der Waals surface area contributed by atoms with E-state index in [2.05, 4.69) is 4.98 Å². The highest BCUT2D eigenvalue weighted by Gasteiger charge is 2.40. The number of carboxylic acid groups (broad SMARTS) is 1. The second kappa shape index (κ2) is 11.9. The van der Waals surface area contributed by atoms with Gasteiger partial charge in [0, 0.05) is 25.1 Å². The van der Waals surface area contributed by atoms with Crippen LogP contribution in [0.25, 0.3) is 11.5 Å². The summed E-state index contributed by atoms with van der Waals surface area (Å²) in [6.45, 7) is 2.81. The first-order valence-corrected chi connectivity index (χ1v) is 12.9. The molecule has 0 spiro atoms. The highest BCUT2D eigenvalue weighted by atomic mass is 16.6. The molecule has 0 saturated carbocycles. The molecule has 8 heteroatoms. The molecule has 1 aromatic heterocycles. The molecular weight excluding hydrogens is 496 g/mol. The lowest BCUT2D eigenvalue weighted by Gasteiger charge is -2.16. The first-order valence-electron chi connectivity index (χ1n) is 12.9. The maximum Gasteiger partial charge on any atom is 0.415 e. The Kier molecular flexibility index (Phi) is 7.91. The van der Waals surface area contributed by atoms with Gasteiger partial charge in [-0.25, -0.2) is 9.78 Å². The number of nitrogens with zero attached hydrogens (tertiary/aromatic N) is 2. The largest absolute Gasteiger partial charge is 0.493 e. The van der Waals surface area contributed by atoms with E-state index in [-0.39, 0.29) is 12.5 Å². The molecule has 200 valence electrons. The molecule has 39 heavy (non-hydrogen) atoms. The molecule has 8 nitrogen and oxygen atoms in total. The van der Waals surface area contributed by atoms with Crippen LogP contribution in [0.1, 0.15) is 17.0 Å². The van der Waals surface area contributed by atoms with Crippen LogP contribution >= 0.6 is 0 Å². The summed E-state index contributed by atoms with van der Waals surface area (Å²) in [5, 5.41) is 9.76. The Labute approximate surface area is 226 Å². The van der Waals surface area contributed by atoms with Gasteiger partial charge in [0.05, 0.1) is 18.2 Å². The predicted octanol–water partition coefficient (Wildman–Crippen LogP) is 5.65. The van der Waals surface area contributed by atoms with Crippen LogP contribution in [-0.2, 0) is 17.6 Å². The number of carbonyl (C=O) groups excluding carboxylic acids is 1. The zero-order chi connectivity index (χ0) is 27.2. The summed E-state index contributed by atoms with van der Waals surface area (Å²) in [5.41, 5.74) is 2.77. The number of ether oxygens (including phenoxy) is 2. The SMILES string of the molecule is Cc1nc(-c2ccccc2)oc1CCOc1ccc(C[C@@H]2CN(C(=O)Oc3ccccc3)C[C@@H]2C(=O)O)cc1. The molecular formula is C31H30N2O6. The number of likely N-dealkylation sites (tertiary alicyclic amines) is 1. The molecule has 0 radical (unpaired) electrons. The van der Waals surface area contributed by atoms with Crippen molar-refractivity contribution < 1.29 is 28.6 Å². The van der Waals surface area contributed by atoms with E-state index in [9.17, 15) is 14.7 Å². The number of rotatable bonds is 9. The molecule has 2 heterocycles. The summed E-state index contributed by atoms with van der Waals surface area (Å²) in [5.74, 6) is 0.763. The molecule has 4 aromatic rings. The molecule has 3 aromatic carbocycles. The van der Waals surface area contributed by atoms with Gasteiger partial charge in [0.15, 0.2) is 0 Å². The molecule has 0 bridgehead atoms. The first-order chi connectivity index (χ1) is 19.0. The van der Waals surface area contributed by atoms with Gasteiger partial charge in [0.1, 0.15) is 17.3 Å². The molecule has 1 N–H and O–H groups in total. The Bertz CT molecular complexity index is 1400. The summed E-state index contributed by atoms with van der Waals surface area (Å²) in [4.78, 5) is 30.5. The van der Waals surface area contributed by atoms with Crippen molar-refractivity contribution in [2.75, 3.05) is 19.7 Å². The molecule has 0 unspecified atom stereocenters. The van der Waals surface area contributed by atoms with E-state index >= 15 is 0 Å². The van der Waals surface area contributed by atoms with Crippen molar-refractivity contribution in [3.05, 3.63) is 102 Å². The molecule has 1 aliphatic heterocycles. The number of amides is 1. The highest BCUT2D eigenvalue weighted by Crippen LogP contribution is 2.29. The number of carbonyl (C=O) groups is 2. The second-order valence-electron chi connectivity index (χ2n) is 9.63. The third-order valence-corrected chi connectivity index (χ3v) is 6.90. The van der Waals surface area contributed by atoms with Crippen molar-refractivity contribution in [1.82, 2.24) is 9.88 Å². The van der Waals surface area contributed by atoms with Crippen LogP contribution < -0.4 is 9.47 Å². The number of benzene rings is 3. The number of carboxylic acids is 1. The van der Waals surface area contributed by atoms with Crippen LogP contribution in [0.15, 0.2) is 89.3 Å². The van der Waals surface area contributed by atoms with E-state index in [4.69, 9.17) is 13.9 Å². The number of para-hydroxylation sites is 1. The third kappa shape index (κ3) is 6.46. The fourth-order valence-electron chi connectivity index (χ4n) is 4.81. The van der Waals surface area contributed by atoms with E-state index in [1.54, 1.807) is 24.3 Å². The topological polar surface area (TPSA) is 102 Å². The van der Waals surface area contributed by atoms with Gasteiger partial charge < -0.3 is 23.9 Å². The monoisotopic (exact) mass is 526 g/mol. The van der Waals surface area contributed by atoms with Gasteiger partial charge in [-0.15, -0.1) is 0 Å². The number of aryl methyl sites for hydroxylation is 1.